The van der Waals surface area contributed by atoms with Gasteiger partial charge in [-0.2, -0.15) is 4.39 Å². The highest BCUT2D eigenvalue weighted by Crippen LogP contribution is 2.24. The predicted molar refractivity (Wildman–Crippen MR) is 53.2 cm³/mol. The number of aromatic nitrogens is 2. The highest BCUT2D eigenvalue weighted by Gasteiger charge is 2.08. The molecule has 82 valence electrons. The third-order valence-electron chi connectivity index (χ3n) is 1.98. The van der Waals surface area contributed by atoms with E-state index in [9.17, 15) is 8.78 Å². The molecule has 1 aromatic carbocycles. The number of hydrogen-bond donors (Lipinski definition) is 0. The zero-order valence-corrected chi connectivity index (χ0v) is 8.45. The first-order valence-electron chi connectivity index (χ1n) is 4.57. The number of benzene rings is 1. The number of rotatable bonds is 2. The lowest BCUT2D eigenvalue weighted by atomic mass is 10.2. The maximum Gasteiger partial charge on any atom is 0.225 e. The van der Waals surface area contributed by atoms with E-state index in [0.717, 1.165) is 12.4 Å². The molecule has 0 aliphatic carbocycles. The van der Waals surface area contributed by atoms with Crippen LogP contribution in [0.25, 0.3) is 0 Å². The SMILES string of the molecule is Cc1cccc(Oc2cc(F)ncn2)c1F. The average Bonchev–Trinajstić information content (AvgIpc) is 2.25. The van der Waals surface area contributed by atoms with Crippen LogP contribution in [0.3, 0.4) is 0 Å². The average molecular weight is 222 g/mol. The molecule has 0 bridgehead atoms. The van der Waals surface area contributed by atoms with Crippen LogP contribution >= 0.6 is 0 Å². The molecule has 0 amide bonds. The monoisotopic (exact) mass is 222 g/mol. The summed E-state index contributed by atoms with van der Waals surface area (Å²) < 4.78 is 31.4. The second-order valence-electron chi connectivity index (χ2n) is 3.17. The van der Waals surface area contributed by atoms with Gasteiger partial charge in [-0.25, -0.2) is 14.4 Å². The van der Waals surface area contributed by atoms with Crippen molar-refractivity contribution in [3.8, 4) is 11.6 Å². The Bertz CT molecular complexity index is 517. The summed E-state index contributed by atoms with van der Waals surface area (Å²) in [6, 6.07) is 5.69. The van der Waals surface area contributed by atoms with E-state index in [-0.39, 0.29) is 11.6 Å². The van der Waals surface area contributed by atoms with E-state index in [2.05, 4.69) is 9.97 Å². The maximum absolute atomic E-state index is 13.5. The Morgan fingerprint density at radius 2 is 2.00 bits per heavy atom. The van der Waals surface area contributed by atoms with Gasteiger partial charge in [-0.15, -0.1) is 0 Å². The minimum Gasteiger partial charge on any atom is -0.436 e. The fourth-order valence-corrected chi connectivity index (χ4v) is 1.19. The van der Waals surface area contributed by atoms with Gasteiger partial charge in [-0.1, -0.05) is 12.1 Å². The van der Waals surface area contributed by atoms with E-state index in [0.29, 0.717) is 5.56 Å². The van der Waals surface area contributed by atoms with Gasteiger partial charge in [-0.3, -0.25) is 0 Å². The number of halogens is 2. The zero-order chi connectivity index (χ0) is 11.5. The van der Waals surface area contributed by atoms with Crippen LogP contribution in [0.1, 0.15) is 5.56 Å². The van der Waals surface area contributed by atoms with Crippen molar-refractivity contribution in [2.75, 3.05) is 0 Å². The molecule has 2 rings (SSSR count). The summed E-state index contributed by atoms with van der Waals surface area (Å²) in [4.78, 5) is 6.94. The summed E-state index contributed by atoms with van der Waals surface area (Å²) >= 11 is 0. The number of aryl methyl sites for hydroxylation is 1. The van der Waals surface area contributed by atoms with Crippen molar-refractivity contribution in [2.45, 2.75) is 6.92 Å². The summed E-state index contributed by atoms with van der Waals surface area (Å²) in [6.45, 7) is 1.61. The minimum atomic E-state index is -0.724. The van der Waals surface area contributed by atoms with Crippen LogP contribution < -0.4 is 4.74 Å². The first kappa shape index (κ1) is 10.5. The molecule has 1 aromatic heterocycles. The highest BCUT2D eigenvalue weighted by atomic mass is 19.1. The quantitative estimate of drug-likeness (QED) is 0.733. The van der Waals surface area contributed by atoms with E-state index in [1.54, 1.807) is 19.1 Å². The fourth-order valence-electron chi connectivity index (χ4n) is 1.19. The highest BCUT2D eigenvalue weighted by molar-refractivity contribution is 5.32. The molecule has 0 radical (unpaired) electrons. The van der Waals surface area contributed by atoms with Gasteiger partial charge in [-0.05, 0) is 18.6 Å². The van der Waals surface area contributed by atoms with Gasteiger partial charge in [0.1, 0.15) is 6.33 Å². The van der Waals surface area contributed by atoms with Gasteiger partial charge < -0.3 is 4.74 Å². The lowest BCUT2D eigenvalue weighted by molar-refractivity contribution is 0.418. The third-order valence-corrected chi connectivity index (χ3v) is 1.98. The molecule has 1 heterocycles. The van der Waals surface area contributed by atoms with E-state index in [1.165, 1.54) is 6.07 Å². The van der Waals surface area contributed by atoms with E-state index in [1.807, 2.05) is 0 Å². The van der Waals surface area contributed by atoms with Crippen molar-refractivity contribution in [3.05, 3.63) is 47.9 Å². The smallest absolute Gasteiger partial charge is 0.225 e. The topological polar surface area (TPSA) is 35.0 Å². The van der Waals surface area contributed by atoms with Gasteiger partial charge >= 0.3 is 0 Å². The lowest BCUT2D eigenvalue weighted by Crippen LogP contribution is -1.94. The molecule has 0 fully saturated rings. The molecule has 0 unspecified atom stereocenters. The van der Waals surface area contributed by atoms with Crippen LogP contribution in [0.2, 0.25) is 0 Å². The van der Waals surface area contributed by atoms with Crippen LogP contribution in [-0.4, -0.2) is 9.97 Å². The normalized spacial score (nSPS) is 10.2. The molecule has 0 saturated carbocycles. The van der Waals surface area contributed by atoms with Crippen molar-refractivity contribution in [1.29, 1.82) is 0 Å². The second-order valence-corrected chi connectivity index (χ2v) is 3.17. The van der Waals surface area contributed by atoms with Gasteiger partial charge in [0.15, 0.2) is 11.6 Å². The molecule has 2 aromatic rings. The molecule has 0 saturated heterocycles. The predicted octanol–water partition coefficient (Wildman–Crippen LogP) is 2.86. The molecule has 0 atom stereocenters. The first-order chi connectivity index (χ1) is 7.66. The Balaban J connectivity index is 2.31. The van der Waals surface area contributed by atoms with Crippen LogP contribution in [0.4, 0.5) is 8.78 Å². The molecule has 16 heavy (non-hydrogen) atoms. The third kappa shape index (κ3) is 2.13. The van der Waals surface area contributed by atoms with Crippen molar-refractivity contribution in [1.82, 2.24) is 9.97 Å². The maximum atomic E-state index is 13.5. The van der Waals surface area contributed by atoms with Gasteiger partial charge in [0.05, 0.1) is 6.07 Å². The standard InChI is InChI=1S/C11H8F2N2O/c1-7-3-2-4-8(11(7)13)16-10-5-9(12)14-6-15-10/h2-6H,1H3. The van der Waals surface area contributed by atoms with Crippen molar-refractivity contribution in [2.24, 2.45) is 0 Å². The van der Waals surface area contributed by atoms with E-state index in [4.69, 9.17) is 4.74 Å². The Kier molecular flexibility index (Phi) is 2.76. The van der Waals surface area contributed by atoms with Gasteiger partial charge in [0.2, 0.25) is 11.8 Å². The summed E-state index contributed by atoms with van der Waals surface area (Å²) in [5.74, 6) is -1.23. The molecular formula is C11H8F2N2O. The molecule has 3 nitrogen and oxygen atoms in total. The molecular weight excluding hydrogens is 214 g/mol. The Morgan fingerprint density at radius 3 is 2.75 bits per heavy atom. The van der Waals surface area contributed by atoms with Gasteiger partial charge in [0.25, 0.3) is 0 Å². The van der Waals surface area contributed by atoms with E-state index < -0.39 is 11.8 Å². The summed E-state index contributed by atoms with van der Waals surface area (Å²) in [6.07, 6.45) is 1.01. The Morgan fingerprint density at radius 1 is 1.19 bits per heavy atom. The minimum absolute atomic E-state index is 0.0121. The van der Waals surface area contributed by atoms with Crippen molar-refractivity contribution >= 4 is 0 Å². The van der Waals surface area contributed by atoms with Crippen LogP contribution in [0, 0.1) is 18.7 Å². The van der Waals surface area contributed by atoms with Crippen LogP contribution in [-0.2, 0) is 0 Å². The van der Waals surface area contributed by atoms with E-state index >= 15 is 0 Å². The molecule has 0 N–H and O–H groups in total. The molecule has 5 heteroatoms. The molecule has 0 aliphatic rings. The number of hydrogen-bond acceptors (Lipinski definition) is 3. The summed E-state index contributed by atoms with van der Waals surface area (Å²) in [5, 5.41) is 0. The Hall–Kier alpha value is -2.04. The molecule has 0 aliphatic heterocycles. The number of ether oxygens (including phenoxy) is 1. The summed E-state index contributed by atoms with van der Waals surface area (Å²) in [7, 11) is 0. The molecule has 0 spiro atoms. The fraction of sp³-hybridized carbons (Fsp3) is 0.0909. The lowest BCUT2D eigenvalue weighted by Gasteiger charge is -2.06. The van der Waals surface area contributed by atoms with Crippen molar-refractivity contribution < 1.29 is 13.5 Å². The number of nitrogens with zero attached hydrogens (tertiary/aromatic N) is 2. The zero-order valence-electron chi connectivity index (χ0n) is 8.45. The van der Waals surface area contributed by atoms with Gasteiger partial charge in [0, 0.05) is 0 Å². The van der Waals surface area contributed by atoms with Crippen LogP contribution in [0.5, 0.6) is 11.6 Å². The first-order valence-corrected chi connectivity index (χ1v) is 4.57. The second kappa shape index (κ2) is 4.22. The van der Waals surface area contributed by atoms with Crippen molar-refractivity contribution in [3.63, 3.8) is 0 Å². The Labute approximate surface area is 90.7 Å². The van der Waals surface area contributed by atoms with Crippen LogP contribution in [0.15, 0.2) is 30.6 Å². The summed E-state index contributed by atoms with van der Waals surface area (Å²) in [5.41, 5.74) is 0.451. The largest absolute Gasteiger partial charge is 0.436 e.